The third-order valence-electron chi connectivity index (χ3n) is 1.50. The van der Waals surface area contributed by atoms with Crippen molar-refractivity contribution in [2.45, 2.75) is 6.92 Å². The van der Waals surface area contributed by atoms with Crippen molar-refractivity contribution in [2.75, 3.05) is 6.61 Å². The molecule has 0 saturated carbocycles. The number of rotatable bonds is 3. The number of pyridine rings is 1. The maximum Gasteiger partial charge on any atom is 0.330 e. The van der Waals surface area contributed by atoms with E-state index >= 15 is 0 Å². The van der Waals surface area contributed by atoms with Gasteiger partial charge in [0.15, 0.2) is 0 Å². The second kappa shape index (κ2) is 5.73. The number of esters is 1. The summed E-state index contributed by atoms with van der Waals surface area (Å²) in [5.74, 6) is -0.412. The molecule has 1 aromatic heterocycles. The van der Waals surface area contributed by atoms with Crippen LogP contribution in [0.1, 0.15) is 12.6 Å². The lowest BCUT2D eigenvalue weighted by Crippen LogP contribution is -1.98. The third-order valence-corrected chi connectivity index (χ3v) is 2.19. The number of hydrogen-bond donors (Lipinski definition) is 0. The molecule has 0 spiro atoms. The van der Waals surface area contributed by atoms with Crippen molar-refractivity contribution >= 4 is 35.2 Å². The predicted molar refractivity (Wildman–Crippen MR) is 59.9 cm³/mol. The molecule has 0 aliphatic carbocycles. The average molecular weight is 246 g/mol. The number of carbonyl (C=O) groups excluding carboxylic acids is 1. The van der Waals surface area contributed by atoms with Crippen LogP contribution in [0.25, 0.3) is 6.08 Å². The first-order valence-corrected chi connectivity index (χ1v) is 5.06. The molecule has 80 valence electrons. The molecule has 0 aliphatic rings. The first kappa shape index (κ1) is 12.0. The van der Waals surface area contributed by atoms with Crippen LogP contribution in [-0.4, -0.2) is 17.6 Å². The average Bonchev–Trinajstić information content (AvgIpc) is 2.20. The summed E-state index contributed by atoms with van der Waals surface area (Å²) >= 11 is 11.4. The first-order valence-electron chi connectivity index (χ1n) is 4.30. The van der Waals surface area contributed by atoms with Gasteiger partial charge in [0.2, 0.25) is 0 Å². The van der Waals surface area contributed by atoms with Gasteiger partial charge in [-0.2, -0.15) is 0 Å². The van der Waals surface area contributed by atoms with Gasteiger partial charge in [0.1, 0.15) is 5.15 Å². The highest BCUT2D eigenvalue weighted by Gasteiger charge is 1.99. The summed E-state index contributed by atoms with van der Waals surface area (Å²) in [6, 6.07) is 3.27. The van der Waals surface area contributed by atoms with E-state index in [1.54, 1.807) is 19.1 Å². The van der Waals surface area contributed by atoms with E-state index in [0.717, 1.165) is 0 Å². The molecule has 0 unspecified atom stereocenters. The fourth-order valence-electron chi connectivity index (χ4n) is 0.868. The number of halogens is 2. The van der Waals surface area contributed by atoms with Crippen LogP contribution in [0.3, 0.4) is 0 Å². The zero-order chi connectivity index (χ0) is 11.3. The van der Waals surface area contributed by atoms with E-state index < -0.39 is 5.97 Å². The van der Waals surface area contributed by atoms with Crippen molar-refractivity contribution in [1.82, 2.24) is 4.98 Å². The Morgan fingerprint density at radius 1 is 1.53 bits per heavy atom. The van der Waals surface area contributed by atoms with E-state index in [1.165, 1.54) is 12.2 Å². The van der Waals surface area contributed by atoms with Gasteiger partial charge in [0.25, 0.3) is 0 Å². The molecule has 0 fully saturated rings. The SMILES string of the molecule is CCOC(=O)/C=C/c1ccc(Cl)c(Cl)n1. The monoisotopic (exact) mass is 245 g/mol. The van der Waals surface area contributed by atoms with Gasteiger partial charge < -0.3 is 4.74 Å². The molecule has 0 saturated heterocycles. The van der Waals surface area contributed by atoms with E-state index in [2.05, 4.69) is 4.98 Å². The molecule has 1 heterocycles. The van der Waals surface area contributed by atoms with Gasteiger partial charge in [-0.15, -0.1) is 0 Å². The lowest BCUT2D eigenvalue weighted by atomic mass is 10.3. The van der Waals surface area contributed by atoms with Crippen molar-refractivity contribution in [1.29, 1.82) is 0 Å². The number of hydrogen-bond acceptors (Lipinski definition) is 3. The standard InChI is InChI=1S/C10H9Cl2NO2/c1-2-15-9(14)6-4-7-3-5-8(11)10(12)13-7/h3-6H,2H2,1H3/b6-4+. The van der Waals surface area contributed by atoms with E-state index in [9.17, 15) is 4.79 Å². The third kappa shape index (κ3) is 3.90. The van der Waals surface area contributed by atoms with Gasteiger partial charge in [0, 0.05) is 6.08 Å². The van der Waals surface area contributed by atoms with Crippen molar-refractivity contribution in [3.05, 3.63) is 34.1 Å². The second-order valence-corrected chi connectivity index (χ2v) is 3.36. The number of ether oxygens (including phenoxy) is 1. The molecule has 0 aliphatic heterocycles. The molecule has 1 rings (SSSR count). The highest BCUT2D eigenvalue weighted by atomic mass is 35.5. The van der Waals surface area contributed by atoms with Gasteiger partial charge in [-0.25, -0.2) is 9.78 Å². The highest BCUT2D eigenvalue weighted by Crippen LogP contribution is 2.19. The summed E-state index contributed by atoms with van der Waals surface area (Å²) in [5.41, 5.74) is 0.553. The Morgan fingerprint density at radius 2 is 2.27 bits per heavy atom. The van der Waals surface area contributed by atoms with Crippen LogP contribution in [0.5, 0.6) is 0 Å². The molecule has 15 heavy (non-hydrogen) atoms. The molecule has 0 atom stereocenters. The zero-order valence-electron chi connectivity index (χ0n) is 8.04. The summed E-state index contributed by atoms with van der Waals surface area (Å²) in [7, 11) is 0. The van der Waals surface area contributed by atoms with Crippen LogP contribution in [-0.2, 0) is 9.53 Å². The van der Waals surface area contributed by atoms with Gasteiger partial charge in [-0.05, 0) is 25.1 Å². The zero-order valence-corrected chi connectivity index (χ0v) is 9.55. The molecular formula is C10H9Cl2NO2. The lowest BCUT2D eigenvalue weighted by molar-refractivity contribution is -0.137. The highest BCUT2D eigenvalue weighted by molar-refractivity contribution is 6.41. The quantitative estimate of drug-likeness (QED) is 0.467. The van der Waals surface area contributed by atoms with Crippen molar-refractivity contribution in [3.8, 4) is 0 Å². The Hall–Kier alpha value is -1.06. The normalized spacial score (nSPS) is 10.6. The molecule has 5 heteroatoms. The Balaban J connectivity index is 2.72. The number of nitrogens with zero attached hydrogens (tertiary/aromatic N) is 1. The summed E-state index contributed by atoms with van der Waals surface area (Å²) in [4.78, 5) is 14.9. The maximum atomic E-state index is 11.0. The minimum Gasteiger partial charge on any atom is -0.463 e. The van der Waals surface area contributed by atoms with Crippen molar-refractivity contribution in [3.63, 3.8) is 0 Å². The summed E-state index contributed by atoms with van der Waals surface area (Å²) in [5, 5.41) is 0.590. The topological polar surface area (TPSA) is 39.2 Å². The van der Waals surface area contributed by atoms with Gasteiger partial charge >= 0.3 is 5.97 Å². The lowest BCUT2D eigenvalue weighted by Gasteiger charge is -1.97. The van der Waals surface area contributed by atoms with E-state index in [4.69, 9.17) is 27.9 Å². The Bertz CT molecular complexity index is 391. The summed E-state index contributed by atoms with van der Waals surface area (Å²) in [6.07, 6.45) is 2.80. The van der Waals surface area contributed by atoms with Crippen LogP contribution in [0.4, 0.5) is 0 Å². The van der Waals surface area contributed by atoms with Crippen LogP contribution in [0.2, 0.25) is 10.2 Å². The second-order valence-electron chi connectivity index (χ2n) is 2.59. The molecule has 0 bridgehead atoms. The van der Waals surface area contributed by atoms with E-state index in [0.29, 0.717) is 17.3 Å². The molecule has 0 N–H and O–H groups in total. The summed E-state index contributed by atoms with van der Waals surface area (Å²) in [6.45, 7) is 2.08. The van der Waals surface area contributed by atoms with Gasteiger partial charge in [0.05, 0.1) is 17.3 Å². The Morgan fingerprint density at radius 3 is 2.87 bits per heavy atom. The molecule has 0 radical (unpaired) electrons. The number of carbonyl (C=O) groups is 1. The fraction of sp³-hybridized carbons (Fsp3) is 0.200. The molecule has 3 nitrogen and oxygen atoms in total. The molecule has 0 amide bonds. The van der Waals surface area contributed by atoms with Crippen molar-refractivity contribution in [2.24, 2.45) is 0 Å². The number of aromatic nitrogens is 1. The molecule has 1 aromatic rings. The fourth-order valence-corrected chi connectivity index (χ4v) is 1.13. The van der Waals surface area contributed by atoms with Crippen LogP contribution in [0.15, 0.2) is 18.2 Å². The minimum absolute atomic E-state index is 0.211. The van der Waals surface area contributed by atoms with E-state index in [-0.39, 0.29) is 5.15 Å². The Kier molecular flexibility index (Phi) is 4.59. The Labute approximate surface area is 97.7 Å². The largest absolute Gasteiger partial charge is 0.463 e. The van der Waals surface area contributed by atoms with Crippen molar-refractivity contribution < 1.29 is 9.53 Å². The summed E-state index contributed by atoms with van der Waals surface area (Å²) < 4.78 is 4.70. The minimum atomic E-state index is -0.412. The molecular weight excluding hydrogens is 237 g/mol. The van der Waals surface area contributed by atoms with Gasteiger partial charge in [-0.1, -0.05) is 23.2 Å². The smallest absolute Gasteiger partial charge is 0.330 e. The molecule has 0 aromatic carbocycles. The van der Waals surface area contributed by atoms with Crippen LogP contribution in [0, 0.1) is 0 Å². The van der Waals surface area contributed by atoms with Gasteiger partial charge in [-0.3, -0.25) is 0 Å². The van der Waals surface area contributed by atoms with Crippen LogP contribution < -0.4 is 0 Å². The van der Waals surface area contributed by atoms with E-state index in [1.807, 2.05) is 0 Å². The predicted octanol–water partition coefficient (Wildman–Crippen LogP) is 2.96. The first-order chi connectivity index (χ1) is 7.13. The van der Waals surface area contributed by atoms with Crippen LogP contribution >= 0.6 is 23.2 Å². The maximum absolute atomic E-state index is 11.0.